The zero-order chi connectivity index (χ0) is 31.1. The molecule has 7 atom stereocenters. The highest BCUT2D eigenvalue weighted by atomic mass is 35.5. The molecule has 1 N–H and O–H groups in total. The molecule has 2 aliphatic carbocycles. The molecule has 9 nitrogen and oxygen atoms in total. The number of benzene rings is 3. The fourth-order valence-electron chi connectivity index (χ4n) is 8.08. The third-order valence-electron chi connectivity index (χ3n) is 9.86. The number of anilines is 1. The molecule has 0 radical (unpaired) electrons. The van der Waals surface area contributed by atoms with Crippen LogP contribution in [0, 0.1) is 46.6 Å². The zero-order valence-corrected chi connectivity index (χ0v) is 26.2. The predicted octanol–water partition coefficient (Wildman–Crippen LogP) is 6.56. The molecule has 3 fully saturated rings. The van der Waals surface area contributed by atoms with Crippen LogP contribution in [0.3, 0.4) is 0 Å². The summed E-state index contributed by atoms with van der Waals surface area (Å²) in [4.78, 5) is 57.2. The Balaban J connectivity index is 1.22. The number of nitro benzene ring substituents is 1. The highest BCUT2D eigenvalue weighted by Crippen LogP contribution is 2.69. The fourth-order valence-corrected chi connectivity index (χ4v) is 11.1. The molecule has 2 saturated carbocycles. The number of thiazole rings is 1. The molecule has 3 aromatic carbocycles. The summed E-state index contributed by atoms with van der Waals surface area (Å²) in [6.45, 7) is 2.17. The van der Waals surface area contributed by atoms with E-state index < -0.39 is 22.7 Å². The van der Waals surface area contributed by atoms with Gasteiger partial charge in [-0.2, -0.15) is 0 Å². The normalized spacial score (nSPS) is 27.8. The number of hydrogen-bond donors (Lipinski definition) is 1. The van der Waals surface area contributed by atoms with Gasteiger partial charge in [-0.1, -0.05) is 52.8 Å². The molecule has 0 spiro atoms. The quantitative estimate of drug-likeness (QED) is 0.141. The van der Waals surface area contributed by atoms with Gasteiger partial charge in [0.05, 0.1) is 27.5 Å². The Bertz CT molecular complexity index is 1940. The maximum Gasteiger partial charge on any atom is 0.305 e. The Morgan fingerprint density at radius 2 is 1.71 bits per heavy atom. The highest BCUT2D eigenvalue weighted by Gasteiger charge is 2.70. The summed E-state index contributed by atoms with van der Waals surface area (Å²) < 4.78 is 6.33. The van der Waals surface area contributed by atoms with E-state index in [0.29, 0.717) is 28.4 Å². The Kier molecular flexibility index (Phi) is 6.70. The molecule has 2 aliphatic heterocycles. The number of non-ortho nitro benzene ring substituents is 1. The predicted molar refractivity (Wildman–Crippen MR) is 171 cm³/mol. The number of halogens is 1. The van der Waals surface area contributed by atoms with Crippen molar-refractivity contribution in [1.82, 2.24) is 4.98 Å². The van der Waals surface area contributed by atoms with E-state index in [1.165, 1.54) is 11.0 Å². The van der Waals surface area contributed by atoms with Crippen LogP contribution < -0.4 is 14.5 Å². The highest BCUT2D eigenvalue weighted by molar-refractivity contribution is 8.00. The SMILES string of the molecule is Cc1ccc(N2C(=O)[C@H]3[C@H]4C[C@@H]([C@@H]3C2=O)[C@H]2[C@H](c3cc([N+](=O)[O-])ccc3OCc3ccc(Cl)cc3)c3sc(=O)[nH]c3S[C@H]42)cc1. The number of aromatic nitrogens is 1. The van der Waals surface area contributed by atoms with Crippen LogP contribution in [-0.4, -0.2) is 27.0 Å². The molecule has 1 aromatic heterocycles. The van der Waals surface area contributed by atoms with E-state index in [-0.39, 0.29) is 52.0 Å². The number of carbonyl (C=O) groups is 2. The molecule has 0 unspecified atom stereocenters. The van der Waals surface area contributed by atoms with E-state index in [4.69, 9.17) is 16.3 Å². The molecule has 12 heteroatoms. The second-order valence-electron chi connectivity index (χ2n) is 12.2. The minimum atomic E-state index is -0.484. The van der Waals surface area contributed by atoms with Crippen molar-refractivity contribution in [3.8, 4) is 5.75 Å². The number of thioether (sulfide) groups is 1. The minimum absolute atomic E-state index is 0.0582. The topological polar surface area (TPSA) is 123 Å². The van der Waals surface area contributed by atoms with E-state index in [1.54, 1.807) is 36.0 Å². The number of ether oxygens (including phenoxy) is 1. The molecule has 4 aliphatic rings. The third kappa shape index (κ3) is 4.46. The summed E-state index contributed by atoms with van der Waals surface area (Å²) in [7, 11) is 0. The van der Waals surface area contributed by atoms with E-state index in [9.17, 15) is 24.5 Å². The number of aromatic amines is 1. The first-order chi connectivity index (χ1) is 21.7. The number of hydrogen-bond acceptors (Lipinski definition) is 8. The molecule has 3 heterocycles. The van der Waals surface area contributed by atoms with Gasteiger partial charge in [0, 0.05) is 38.8 Å². The van der Waals surface area contributed by atoms with Crippen molar-refractivity contribution in [3.05, 3.63) is 113 Å². The summed E-state index contributed by atoms with van der Waals surface area (Å²) in [6.07, 6.45) is 0.711. The maximum atomic E-state index is 14.1. The maximum absolute atomic E-state index is 14.1. The van der Waals surface area contributed by atoms with Gasteiger partial charge < -0.3 is 9.72 Å². The second kappa shape index (κ2) is 10.6. The molecule has 1 saturated heterocycles. The summed E-state index contributed by atoms with van der Waals surface area (Å²) in [5.41, 5.74) is 3.02. The van der Waals surface area contributed by atoms with Crippen LogP contribution >= 0.6 is 34.7 Å². The average molecular weight is 660 g/mol. The van der Waals surface area contributed by atoms with Crippen molar-refractivity contribution >= 4 is 57.9 Å². The number of imide groups is 1. The van der Waals surface area contributed by atoms with Crippen LogP contribution in [0.5, 0.6) is 5.75 Å². The van der Waals surface area contributed by atoms with Gasteiger partial charge in [0.2, 0.25) is 11.8 Å². The number of fused-ring (bicyclic) bond motifs is 9. The monoisotopic (exact) mass is 659 g/mol. The lowest BCUT2D eigenvalue weighted by Crippen LogP contribution is -2.42. The number of H-pyrrole nitrogens is 1. The fraction of sp³-hybridized carbons (Fsp3) is 0.303. The zero-order valence-electron chi connectivity index (χ0n) is 23.8. The summed E-state index contributed by atoms with van der Waals surface area (Å²) >= 11 is 8.73. The Hall–Kier alpha value is -3.93. The first-order valence-electron chi connectivity index (χ1n) is 14.7. The molecule has 2 amide bonds. The number of nitrogens with one attached hydrogen (secondary N) is 1. The van der Waals surface area contributed by atoms with E-state index in [2.05, 4.69) is 4.98 Å². The van der Waals surface area contributed by atoms with Crippen molar-refractivity contribution < 1.29 is 19.2 Å². The Morgan fingerprint density at radius 1 is 1.00 bits per heavy atom. The number of aryl methyl sites for hydroxylation is 1. The van der Waals surface area contributed by atoms with E-state index >= 15 is 0 Å². The molecular weight excluding hydrogens is 634 g/mol. The molecule has 8 rings (SSSR count). The summed E-state index contributed by atoms with van der Waals surface area (Å²) in [6, 6.07) is 19.3. The van der Waals surface area contributed by atoms with Gasteiger partial charge in [0.1, 0.15) is 12.4 Å². The van der Waals surface area contributed by atoms with Gasteiger partial charge in [0.25, 0.3) is 5.69 Å². The summed E-state index contributed by atoms with van der Waals surface area (Å²) in [5.74, 6) is -1.55. The second-order valence-corrected chi connectivity index (χ2v) is 14.8. The molecule has 2 bridgehead atoms. The molecule has 228 valence electrons. The average Bonchev–Trinajstić information content (AvgIpc) is 3.76. The van der Waals surface area contributed by atoms with Gasteiger partial charge in [-0.3, -0.25) is 29.4 Å². The van der Waals surface area contributed by atoms with Crippen LogP contribution in [-0.2, 0) is 16.2 Å². The van der Waals surface area contributed by atoms with Crippen LogP contribution in [0.25, 0.3) is 0 Å². The van der Waals surface area contributed by atoms with Gasteiger partial charge in [-0.05, 0) is 67.0 Å². The van der Waals surface area contributed by atoms with Crippen molar-refractivity contribution in [1.29, 1.82) is 0 Å². The van der Waals surface area contributed by atoms with E-state index in [1.807, 2.05) is 43.3 Å². The lowest BCUT2D eigenvalue weighted by Gasteiger charge is -2.43. The van der Waals surface area contributed by atoms with Gasteiger partial charge in [-0.15, -0.1) is 11.8 Å². The molecule has 45 heavy (non-hydrogen) atoms. The summed E-state index contributed by atoms with van der Waals surface area (Å²) in [5, 5.41) is 13.3. The first-order valence-corrected chi connectivity index (χ1v) is 16.8. The lowest BCUT2D eigenvalue weighted by atomic mass is 9.68. The van der Waals surface area contributed by atoms with Crippen LogP contribution in [0.2, 0.25) is 5.02 Å². The van der Waals surface area contributed by atoms with Gasteiger partial charge in [0.15, 0.2) is 0 Å². The smallest absolute Gasteiger partial charge is 0.305 e. The lowest BCUT2D eigenvalue weighted by molar-refractivity contribution is -0.385. The minimum Gasteiger partial charge on any atom is -0.489 e. The Labute approximate surface area is 270 Å². The van der Waals surface area contributed by atoms with Crippen molar-refractivity contribution in [2.45, 2.75) is 36.1 Å². The largest absolute Gasteiger partial charge is 0.489 e. The third-order valence-corrected chi connectivity index (χ3v) is 12.7. The van der Waals surface area contributed by atoms with Gasteiger partial charge >= 0.3 is 4.87 Å². The van der Waals surface area contributed by atoms with Crippen molar-refractivity contribution in [2.75, 3.05) is 4.90 Å². The number of rotatable bonds is 6. The van der Waals surface area contributed by atoms with Gasteiger partial charge in [-0.25, -0.2) is 0 Å². The number of carbonyl (C=O) groups excluding carboxylic acids is 2. The van der Waals surface area contributed by atoms with Crippen LogP contribution in [0.4, 0.5) is 11.4 Å². The number of nitrogens with zero attached hydrogens (tertiary/aromatic N) is 2. The molecule has 4 aromatic rings. The molecular formula is C33H26ClN3O6S2. The first kappa shape index (κ1) is 28.5. The van der Waals surface area contributed by atoms with E-state index in [0.717, 1.165) is 32.4 Å². The standard InChI is InChI=1S/C33H26ClN3O6S2/c1-15-2-8-18(9-3-15)36-31(38)26-21-13-22(27(26)32(36)39)28-25(21)24(29-30(44-28)35-33(40)45-29)20-12-19(37(41)42)10-11-23(20)43-14-16-4-6-17(34)7-5-16/h2-12,21-22,24-28H,13-14H2,1H3,(H,35,40)/t21-,22-,24+,25+,26+,27+,28-/m1/s1. The van der Waals surface area contributed by atoms with Crippen molar-refractivity contribution in [3.63, 3.8) is 0 Å². The number of nitro groups is 1. The Morgan fingerprint density at radius 3 is 2.42 bits per heavy atom. The van der Waals surface area contributed by atoms with Crippen LogP contribution in [0.1, 0.15) is 33.9 Å². The van der Waals surface area contributed by atoms with Crippen LogP contribution in [0.15, 0.2) is 76.6 Å². The van der Waals surface area contributed by atoms with Crippen molar-refractivity contribution in [2.24, 2.45) is 29.6 Å². The number of amides is 2.